The molecule has 2 nitrogen and oxygen atoms in total. The Morgan fingerprint density at radius 3 is 2.43 bits per heavy atom. The third-order valence-electron chi connectivity index (χ3n) is 4.11. The van der Waals surface area contributed by atoms with Crippen molar-refractivity contribution in [2.75, 3.05) is 0 Å². The second kappa shape index (κ2) is 3.92. The molecule has 4 atom stereocenters. The monoisotopic (exact) mass is 195 g/mol. The standard InChI is InChI=1S/C12H19O2/c1-8-4-2-5-9-6-3-7-10(11(8)9)12(13)14/h8-11H,1-7H2,(H,13,14). The van der Waals surface area contributed by atoms with Gasteiger partial charge in [-0.15, -0.1) is 0 Å². The van der Waals surface area contributed by atoms with Gasteiger partial charge in [-0.25, -0.2) is 0 Å². The van der Waals surface area contributed by atoms with Crippen molar-refractivity contribution >= 4 is 5.97 Å². The highest BCUT2D eigenvalue weighted by Crippen LogP contribution is 2.46. The molecule has 1 N–H and O–H groups in total. The highest BCUT2D eigenvalue weighted by Gasteiger charge is 2.41. The molecule has 2 fully saturated rings. The summed E-state index contributed by atoms with van der Waals surface area (Å²) in [7, 11) is 0. The van der Waals surface area contributed by atoms with Crippen LogP contribution >= 0.6 is 0 Å². The summed E-state index contributed by atoms with van der Waals surface area (Å²) in [5, 5.41) is 9.17. The van der Waals surface area contributed by atoms with Gasteiger partial charge in [0.25, 0.3) is 0 Å². The predicted molar refractivity (Wildman–Crippen MR) is 54.7 cm³/mol. The third-order valence-corrected chi connectivity index (χ3v) is 4.11. The quantitative estimate of drug-likeness (QED) is 0.698. The minimum absolute atomic E-state index is 0.100. The molecular weight excluding hydrogens is 176 g/mol. The van der Waals surface area contributed by atoms with Crippen molar-refractivity contribution in [2.45, 2.75) is 38.5 Å². The maximum absolute atomic E-state index is 11.1. The topological polar surface area (TPSA) is 37.3 Å². The van der Waals surface area contributed by atoms with E-state index in [1.54, 1.807) is 0 Å². The predicted octanol–water partition coefficient (Wildman–Crippen LogP) is 2.74. The number of carboxylic acid groups (broad SMARTS) is 1. The minimum Gasteiger partial charge on any atom is -0.481 e. The molecular formula is C12H19O2. The molecule has 2 heteroatoms. The van der Waals surface area contributed by atoms with Gasteiger partial charge >= 0.3 is 5.97 Å². The molecule has 4 unspecified atom stereocenters. The van der Waals surface area contributed by atoms with E-state index in [2.05, 4.69) is 6.92 Å². The largest absolute Gasteiger partial charge is 0.481 e. The first-order valence-corrected chi connectivity index (χ1v) is 5.76. The summed E-state index contributed by atoms with van der Waals surface area (Å²) in [5.74, 6) is 0.720. The van der Waals surface area contributed by atoms with Crippen molar-refractivity contribution in [1.82, 2.24) is 0 Å². The summed E-state index contributed by atoms with van der Waals surface area (Å²) in [6.45, 7) is 4.15. The zero-order chi connectivity index (χ0) is 10.1. The number of carbonyl (C=O) groups is 1. The maximum Gasteiger partial charge on any atom is 0.306 e. The number of rotatable bonds is 1. The lowest BCUT2D eigenvalue weighted by Gasteiger charge is -2.43. The van der Waals surface area contributed by atoms with E-state index in [1.807, 2.05) is 0 Å². The lowest BCUT2D eigenvalue weighted by molar-refractivity contribution is -0.147. The Morgan fingerprint density at radius 1 is 1.14 bits per heavy atom. The average Bonchev–Trinajstić information content (AvgIpc) is 2.17. The van der Waals surface area contributed by atoms with Crippen LogP contribution in [0.2, 0.25) is 0 Å². The van der Waals surface area contributed by atoms with Gasteiger partial charge in [0.15, 0.2) is 0 Å². The molecule has 0 bridgehead atoms. The molecule has 2 aliphatic carbocycles. The Balaban J connectivity index is 2.14. The van der Waals surface area contributed by atoms with Crippen LogP contribution < -0.4 is 0 Å². The van der Waals surface area contributed by atoms with E-state index in [0.717, 1.165) is 19.3 Å². The van der Waals surface area contributed by atoms with Gasteiger partial charge in [0.05, 0.1) is 5.92 Å². The van der Waals surface area contributed by atoms with Gasteiger partial charge in [-0.2, -0.15) is 0 Å². The van der Waals surface area contributed by atoms with Crippen LogP contribution in [0, 0.1) is 30.6 Å². The Labute approximate surface area is 85.7 Å². The maximum atomic E-state index is 11.1. The summed E-state index contributed by atoms with van der Waals surface area (Å²) >= 11 is 0. The number of carboxylic acids is 1. The molecule has 1 radical (unpaired) electrons. The first-order valence-electron chi connectivity index (χ1n) is 5.76. The van der Waals surface area contributed by atoms with Crippen LogP contribution in [-0.2, 0) is 4.79 Å². The van der Waals surface area contributed by atoms with Gasteiger partial charge < -0.3 is 5.11 Å². The smallest absolute Gasteiger partial charge is 0.306 e. The summed E-state index contributed by atoms with van der Waals surface area (Å²) < 4.78 is 0. The van der Waals surface area contributed by atoms with Crippen LogP contribution in [0.15, 0.2) is 0 Å². The Kier molecular flexibility index (Phi) is 2.80. The van der Waals surface area contributed by atoms with E-state index in [9.17, 15) is 4.79 Å². The van der Waals surface area contributed by atoms with Crippen molar-refractivity contribution in [2.24, 2.45) is 23.7 Å². The highest BCUT2D eigenvalue weighted by atomic mass is 16.4. The van der Waals surface area contributed by atoms with Gasteiger partial charge in [0.2, 0.25) is 0 Å². The van der Waals surface area contributed by atoms with Crippen molar-refractivity contribution < 1.29 is 9.90 Å². The fourth-order valence-electron chi connectivity index (χ4n) is 3.49. The van der Waals surface area contributed by atoms with E-state index in [-0.39, 0.29) is 5.92 Å². The van der Waals surface area contributed by atoms with Gasteiger partial charge in [-0.05, 0) is 31.1 Å². The molecule has 0 aromatic rings. The van der Waals surface area contributed by atoms with Crippen LogP contribution in [0.25, 0.3) is 0 Å². The first-order chi connectivity index (χ1) is 6.70. The van der Waals surface area contributed by atoms with Crippen molar-refractivity contribution in [1.29, 1.82) is 0 Å². The van der Waals surface area contributed by atoms with Crippen LogP contribution in [0.5, 0.6) is 0 Å². The molecule has 0 spiro atoms. The Hall–Kier alpha value is -0.530. The molecule has 2 saturated carbocycles. The summed E-state index contributed by atoms with van der Waals surface area (Å²) in [6, 6.07) is 0. The Bertz CT molecular complexity index is 222. The number of aliphatic carboxylic acids is 1. The molecule has 2 aliphatic rings. The van der Waals surface area contributed by atoms with Crippen LogP contribution in [0.1, 0.15) is 38.5 Å². The highest BCUT2D eigenvalue weighted by molar-refractivity contribution is 5.70. The molecule has 14 heavy (non-hydrogen) atoms. The second-order valence-electron chi connectivity index (χ2n) is 4.90. The van der Waals surface area contributed by atoms with Gasteiger partial charge in [-0.1, -0.05) is 32.1 Å². The van der Waals surface area contributed by atoms with E-state index < -0.39 is 5.97 Å². The zero-order valence-electron chi connectivity index (χ0n) is 8.61. The Morgan fingerprint density at radius 2 is 1.79 bits per heavy atom. The van der Waals surface area contributed by atoms with Crippen LogP contribution in [0.3, 0.4) is 0 Å². The van der Waals surface area contributed by atoms with Crippen LogP contribution in [-0.4, -0.2) is 11.1 Å². The molecule has 0 aromatic heterocycles. The third kappa shape index (κ3) is 1.67. The lowest BCUT2D eigenvalue weighted by Crippen LogP contribution is -2.39. The molecule has 2 rings (SSSR count). The van der Waals surface area contributed by atoms with E-state index in [4.69, 9.17) is 5.11 Å². The normalized spacial score (nSPS) is 42.9. The number of fused-ring (bicyclic) bond motifs is 1. The minimum atomic E-state index is -0.588. The molecule has 0 aliphatic heterocycles. The van der Waals surface area contributed by atoms with Gasteiger partial charge in [-0.3, -0.25) is 4.79 Å². The van der Waals surface area contributed by atoms with Crippen molar-refractivity contribution in [3.05, 3.63) is 6.92 Å². The number of hydrogen-bond donors (Lipinski definition) is 1. The summed E-state index contributed by atoms with van der Waals surface area (Å²) in [4.78, 5) is 11.1. The van der Waals surface area contributed by atoms with Crippen molar-refractivity contribution in [3.63, 3.8) is 0 Å². The molecule has 0 aromatic carbocycles. The number of hydrogen-bond acceptors (Lipinski definition) is 1. The van der Waals surface area contributed by atoms with Crippen molar-refractivity contribution in [3.8, 4) is 0 Å². The van der Waals surface area contributed by atoms with Crippen LogP contribution in [0.4, 0.5) is 0 Å². The van der Waals surface area contributed by atoms with Gasteiger partial charge in [0, 0.05) is 0 Å². The fraction of sp³-hybridized carbons (Fsp3) is 0.833. The van der Waals surface area contributed by atoms with Gasteiger partial charge in [0.1, 0.15) is 0 Å². The van der Waals surface area contributed by atoms with E-state index in [0.29, 0.717) is 17.8 Å². The summed E-state index contributed by atoms with van der Waals surface area (Å²) in [5.41, 5.74) is 0. The SMILES string of the molecule is [CH2]C1CCCC2CCCC(C(=O)O)C12. The molecule has 0 amide bonds. The second-order valence-corrected chi connectivity index (χ2v) is 4.90. The zero-order valence-corrected chi connectivity index (χ0v) is 8.61. The molecule has 79 valence electrons. The average molecular weight is 195 g/mol. The molecule has 0 heterocycles. The summed E-state index contributed by atoms with van der Waals surface area (Å²) in [6.07, 6.45) is 6.83. The molecule has 0 saturated heterocycles. The lowest BCUT2D eigenvalue weighted by atomic mass is 9.61. The van der Waals surface area contributed by atoms with E-state index in [1.165, 1.54) is 19.3 Å². The van der Waals surface area contributed by atoms with E-state index >= 15 is 0 Å². The first kappa shape index (κ1) is 10.0. The fourth-order valence-corrected chi connectivity index (χ4v) is 3.49.